The number of carbonyl (C=O) groups excluding carboxylic acids is 1. The van der Waals surface area contributed by atoms with Gasteiger partial charge in [0.2, 0.25) is 5.91 Å². The van der Waals surface area contributed by atoms with E-state index in [0.29, 0.717) is 0 Å². The summed E-state index contributed by atoms with van der Waals surface area (Å²) < 4.78 is 0. The monoisotopic (exact) mass is 296 g/mol. The topological polar surface area (TPSA) is 41.1 Å². The second-order valence-electron chi connectivity index (χ2n) is 5.92. The number of hydrogen-bond acceptors (Lipinski definition) is 2. The fourth-order valence-electron chi connectivity index (χ4n) is 2.32. The van der Waals surface area contributed by atoms with Gasteiger partial charge in [-0.25, -0.2) is 0 Å². The Morgan fingerprint density at radius 1 is 0.955 bits per heavy atom. The number of hydrogen-bond donors (Lipinski definition) is 2. The molecular weight excluding hydrogens is 272 g/mol. The van der Waals surface area contributed by atoms with Crippen LogP contribution in [0.2, 0.25) is 0 Å². The molecule has 3 heteroatoms. The molecule has 22 heavy (non-hydrogen) atoms. The van der Waals surface area contributed by atoms with E-state index in [1.165, 1.54) is 11.1 Å². The highest BCUT2D eigenvalue weighted by Crippen LogP contribution is 2.20. The Bertz CT molecular complexity index is 692. The van der Waals surface area contributed by atoms with Crippen molar-refractivity contribution in [2.24, 2.45) is 0 Å². The predicted molar refractivity (Wildman–Crippen MR) is 93.5 cm³/mol. The van der Waals surface area contributed by atoms with Gasteiger partial charge in [0.25, 0.3) is 0 Å². The zero-order chi connectivity index (χ0) is 16.3. The summed E-state index contributed by atoms with van der Waals surface area (Å²) in [6.07, 6.45) is 0. The van der Waals surface area contributed by atoms with E-state index in [1.807, 2.05) is 51.1 Å². The molecule has 0 fully saturated rings. The van der Waals surface area contributed by atoms with Crippen molar-refractivity contribution in [2.45, 2.75) is 40.7 Å². The molecule has 0 heterocycles. The molecule has 1 unspecified atom stereocenters. The van der Waals surface area contributed by atoms with Crippen molar-refractivity contribution in [3.8, 4) is 0 Å². The smallest absolute Gasteiger partial charge is 0.246 e. The summed E-state index contributed by atoms with van der Waals surface area (Å²) in [5, 5.41) is 6.30. The highest BCUT2D eigenvalue weighted by molar-refractivity contribution is 5.97. The minimum absolute atomic E-state index is 0.0328. The summed E-state index contributed by atoms with van der Waals surface area (Å²) in [5.41, 5.74) is 6.47. The highest BCUT2D eigenvalue weighted by atomic mass is 16.2. The molecule has 1 atom stereocenters. The molecule has 0 aliphatic rings. The lowest BCUT2D eigenvalue weighted by atomic mass is 10.1. The van der Waals surface area contributed by atoms with E-state index in [1.54, 1.807) is 0 Å². The highest BCUT2D eigenvalue weighted by Gasteiger charge is 2.15. The van der Waals surface area contributed by atoms with Gasteiger partial charge in [-0.1, -0.05) is 24.3 Å². The van der Waals surface area contributed by atoms with Gasteiger partial charge in [-0.15, -0.1) is 0 Å². The van der Waals surface area contributed by atoms with Gasteiger partial charge in [0, 0.05) is 11.4 Å². The Labute approximate surface area is 132 Å². The SMILES string of the molecule is Cc1ccc(C)c(NC(=O)C(C)Nc2cccc(C)c2C)c1. The largest absolute Gasteiger partial charge is 0.374 e. The van der Waals surface area contributed by atoms with Crippen LogP contribution in [-0.2, 0) is 4.79 Å². The summed E-state index contributed by atoms with van der Waals surface area (Å²) in [5.74, 6) is -0.0328. The van der Waals surface area contributed by atoms with Gasteiger partial charge in [0.15, 0.2) is 0 Å². The molecular formula is C19H24N2O. The number of nitrogens with one attached hydrogen (secondary N) is 2. The summed E-state index contributed by atoms with van der Waals surface area (Å²) >= 11 is 0. The van der Waals surface area contributed by atoms with Crippen LogP contribution in [0.3, 0.4) is 0 Å². The van der Waals surface area contributed by atoms with Crippen molar-refractivity contribution in [3.05, 3.63) is 58.7 Å². The number of amides is 1. The van der Waals surface area contributed by atoms with E-state index < -0.39 is 0 Å². The van der Waals surface area contributed by atoms with E-state index >= 15 is 0 Å². The maximum Gasteiger partial charge on any atom is 0.246 e. The zero-order valence-corrected chi connectivity index (χ0v) is 13.9. The summed E-state index contributed by atoms with van der Waals surface area (Å²) in [4.78, 5) is 12.4. The first kappa shape index (κ1) is 16.1. The van der Waals surface area contributed by atoms with Crippen LogP contribution < -0.4 is 10.6 Å². The molecule has 116 valence electrons. The third-order valence-corrected chi connectivity index (χ3v) is 4.02. The average Bonchev–Trinajstić information content (AvgIpc) is 2.47. The van der Waals surface area contributed by atoms with Gasteiger partial charge < -0.3 is 10.6 Å². The van der Waals surface area contributed by atoms with Gasteiger partial charge >= 0.3 is 0 Å². The molecule has 0 aliphatic carbocycles. The number of aryl methyl sites for hydroxylation is 3. The Hall–Kier alpha value is -2.29. The van der Waals surface area contributed by atoms with Crippen LogP contribution in [-0.4, -0.2) is 11.9 Å². The Kier molecular flexibility index (Phi) is 4.86. The summed E-state index contributed by atoms with van der Waals surface area (Å²) in [6.45, 7) is 10.0. The molecule has 2 rings (SSSR count). The van der Waals surface area contributed by atoms with E-state index in [9.17, 15) is 4.79 Å². The fraction of sp³-hybridized carbons (Fsp3) is 0.316. The first-order chi connectivity index (χ1) is 10.4. The quantitative estimate of drug-likeness (QED) is 0.880. The standard InChI is InChI=1S/C19H24N2O/c1-12-9-10-14(3)18(11-12)21-19(22)16(5)20-17-8-6-7-13(2)15(17)4/h6-11,16,20H,1-5H3,(H,21,22). The molecule has 0 bridgehead atoms. The van der Waals surface area contributed by atoms with Crippen molar-refractivity contribution in [1.29, 1.82) is 0 Å². The molecule has 0 saturated carbocycles. The molecule has 3 nitrogen and oxygen atoms in total. The summed E-state index contributed by atoms with van der Waals surface area (Å²) in [6, 6.07) is 11.8. The molecule has 0 spiro atoms. The van der Waals surface area contributed by atoms with Crippen LogP contribution in [0.25, 0.3) is 0 Å². The third-order valence-electron chi connectivity index (χ3n) is 4.02. The molecule has 0 aromatic heterocycles. The molecule has 2 aromatic carbocycles. The third kappa shape index (κ3) is 3.67. The normalized spacial score (nSPS) is 11.9. The first-order valence-electron chi connectivity index (χ1n) is 7.59. The Morgan fingerprint density at radius 3 is 2.41 bits per heavy atom. The predicted octanol–water partition coefficient (Wildman–Crippen LogP) is 4.36. The zero-order valence-electron chi connectivity index (χ0n) is 13.9. The number of rotatable bonds is 4. The van der Waals surface area contributed by atoms with Crippen LogP contribution in [0, 0.1) is 27.7 Å². The maximum atomic E-state index is 12.4. The van der Waals surface area contributed by atoms with Crippen LogP contribution in [0.5, 0.6) is 0 Å². The van der Waals surface area contributed by atoms with Crippen LogP contribution in [0.4, 0.5) is 11.4 Å². The Morgan fingerprint density at radius 2 is 1.68 bits per heavy atom. The Balaban J connectivity index is 2.09. The van der Waals surface area contributed by atoms with E-state index in [2.05, 4.69) is 30.5 Å². The van der Waals surface area contributed by atoms with Crippen molar-refractivity contribution in [3.63, 3.8) is 0 Å². The summed E-state index contributed by atoms with van der Waals surface area (Å²) in [7, 11) is 0. The van der Waals surface area contributed by atoms with Crippen LogP contribution >= 0.6 is 0 Å². The maximum absolute atomic E-state index is 12.4. The lowest BCUT2D eigenvalue weighted by molar-refractivity contribution is -0.116. The number of benzene rings is 2. The van der Waals surface area contributed by atoms with Gasteiger partial charge in [-0.3, -0.25) is 4.79 Å². The second-order valence-corrected chi connectivity index (χ2v) is 5.92. The minimum Gasteiger partial charge on any atom is -0.374 e. The van der Waals surface area contributed by atoms with E-state index in [0.717, 1.165) is 22.5 Å². The van der Waals surface area contributed by atoms with Crippen molar-refractivity contribution in [2.75, 3.05) is 10.6 Å². The molecule has 2 N–H and O–H groups in total. The number of carbonyl (C=O) groups is 1. The lowest BCUT2D eigenvalue weighted by Crippen LogP contribution is -2.32. The van der Waals surface area contributed by atoms with Gasteiger partial charge in [-0.05, 0) is 69.0 Å². The minimum atomic E-state index is -0.305. The van der Waals surface area contributed by atoms with Gasteiger partial charge in [0.1, 0.15) is 6.04 Å². The van der Waals surface area contributed by atoms with Gasteiger partial charge in [0.05, 0.1) is 0 Å². The second kappa shape index (κ2) is 6.65. The fourth-order valence-corrected chi connectivity index (χ4v) is 2.32. The number of anilines is 2. The van der Waals surface area contributed by atoms with Crippen molar-refractivity contribution >= 4 is 17.3 Å². The molecule has 0 saturated heterocycles. The molecule has 2 aromatic rings. The van der Waals surface area contributed by atoms with Crippen LogP contribution in [0.1, 0.15) is 29.2 Å². The van der Waals surface area contributed by atoms with Crippen molar-refractivity contribution < 1.29 is 4.79 Å². The van der Waals surface area contributed by atoms with Crippen LogP contribution in [0.15, 0.2) is 36.4 Å². The lowest BCUT2D eigenvalue weighted by Gasteiger charge is -2.18. The van der Waals surface area contributed by atoms with E-state index in [-0.39, 0.29) is 11.9 Å². The average molecular weight is 296 g/mol. The first-order valence-corrected chi connectivity index (χ1v) is 7.59. The van der Waals surface area contributed by atoms with Crippen molar-refractivity contribution in [1.82, 2.24) is 0 Å². The molecule has 0 radical (unpaired) electrons. The molecule has 1 amide bonds. The molecule has 0 aliphatic heterocycles. The van der Waals surface area contributed by atoms with E-state index in [4.69, 9.17) is 0 Å². The van der Waals surface area contributed by atoms with Gasteiger partial charge in [-0.2, -0.15) is 0 Å².